The van der Waals surface area contributed by atoms with Gasteiger partial charge in [0, 0.05) is 37.9 Å². The van der Waals surface area contributed by atoms with Gasteiger partial charge in [0.2, 0.25) is 0 Å². The summed E-state index contributed by atoms with van der Waals surface area (Å²) in [4.78, 5) is 28.9. The molecule has 0 atom stereocenters. The van der Waals surface area contributed by atoms with E-state index in [2.05, 4.69) is 26.8 Å². The summed E-state index contributed by atoms with van der Waals surface area (Å²) < 4.78 is 1.89. The van der Waals surface area contributed by atoms with Crippen LogP contribution in [0, 0.1) is 13.8 Å². The van der Waals surface area contributed by atoms with Crippen molar-refractivity contribution in [1.82, 2.24) is 29.6 Å². The van der Waals surface area contributed by atoms with E-state index in [-0.39, 0.29) is 5.91 Å². The van der Waals surface area contributed by atoms with Gasteiger partial charge in [-0.3, -0.25) is 4.79 Å². The number of nitrogens with one attached hydrogen (secondary N) is 1. The highest BCUT2D eigenvalue weighted by Crippen LogP contribution is 2.27. The molecule has 1 amide bonds. The Kier molecular flexibility index (Phi) is 4.46. The highest BCUT2D eigenvalue weighted by molar-refractivity contribution is 5.97. The van der Waals surface area contributed by atoms with E-state index >= 15 is 0 Å². The number of pyridine rings is 1. The fourth-order valence-corrected chi connectivity index (χ4v) is 4.18. The molecule has 1 saturated heterocycles. The van der Waals surface area contributed by atoms with Crippen LogP contribution in [0.4, 0.5) is 5.69 Å². The average Bonchev–Trinajstić information content (AvgIpc) is 3.37. The number of anilines is 1. The minimum Gasteiger partial charge on any atom is -0.365 e. The summed E-state index contributed by atoms with van der Waals surface area (Å²) in [5, 5.41) is 4.70. The lowest BCUT2D eigenvalue weighted by atomic mass is 10.1. The molecular formula is C22H23N7O. The number of benzene rings is 1. The molecule has 1 aromatic carbocycles. The Morgan fingerprint density at radius 3 is 2.63 bits per heavy atom. The maximum atomic E-state index is 13.0. The molecule has 0 spiro atoms. The van der Waals surface area contributed by atoms with Gasteiger partial charge in [-0.25, -0.2) is 14.6 Å². The van der Waals surface area contributed by atoms with Crippen molar-refractivity contribution in [2.75, 3.05) is 31.1 Å². The first-order valence-electron chi connectivity index (χ1n) is 10.1. The predicted molar refractivity (Wildman–Crippen MR) is 115 cm³/mol. The van der Waals surface area contributed by atoms with Crippen molar-refractivity contribution in [1.29, 1.82) is 0 Å². The second-order valence-electron chi connectivity index (χ2n) is 7.53. The second-order valence-corrected chi connectivity index (χ2v) is 7.53. The van der Waals surface area contributed by atoms with Crippen LogP contribution in [-0.2, 0) is 0 Å². The third-order valence-electron chi connectivity index (χ3n) is 5.67. The minimum atomic E-state index is 0.0591. The molecule has 1 aliphatic heterocycles. The maximum Gasteiger partial charge on any atom is 0.254 e. The molecule has 152 valence electrons. The molecule has 3 aromatic heterocycles. The molecule has 8 heteroatoms. The zero-order valence-electron chi connectivity index (χ0n) is 17.0. The summed E-state index contributed by atoms with van der Waals surface area (Å²) in [7, 11) is 0. The SMILES string of the molecule is Cc1nn(-c2ccccn2)c(C)c1N1CCN(C(=O)c2ccc3nc[nH]c3c2)CC1. The van der Waals surface area contributed by atoms with E-state index < -0.39 is 0 Å². The van der Waals surface area contributed by atoms with Gasteiger partial charge in [0.05, 0.1) is 34.4 Å². The van der Waals surface area contributed by atoms with Crippen molar-refractivity contribution in [2.45, 2.75) is 13.8 Å². The number of piperazine rings is 1. The van der Waals surface area contributed by atoms with Gasteiger partial charge in [0.1, 0.15) is 0 Å². The van der Waals surface area contributed by atoms with Crippen LogP contribution in [0.15, 0.2) is 48.9 Å². The highest BCUT2D eigenvalue weighted by atomic mass is 16.2. The fraction of sp³-hybridized carbons (Fsp3) is 0.273. The largest absolute Gasteiger partial charge is 0.365 e. The number of amides is 1. The summed E-state index contributed by atoms with van der Waals surface area (Å²) in [5.41, 5.74) is 5.61. The van der Waals surface area contributed by atoms with Crippen LogP contribution in [0.3, 0.4) is 0 Å². The zero-order chi connectivity index (χ0) is 20.7. The van der Waals surface area contributed by atoms with Crippen molar-refractivity contribution in [2.24, 2.45) is 0 Å². The summed E-state index contributed by atoms with van der Waals surface area (Å²) in [5.74, 6) is 0.871. The molecule has 30 heavy (non-hydrogen) atoms. The third-order valence-corrected chi connectivity index (χ3v) is 5.67. The average molecular weight is 401 g/mol. The van der Waals surface area contributed by atoms with Gasteiger partial charge in [-0.2, -0.15) is 5.10 Å². The molecule has 5 rings (SSSR count). The molecule has 1 aliphatic rings. The molecule has 1 N–H and O–H groups in total. The number of nitrogens with zero attached hydrogens (tertiary/aromatic N) is 6. The Morgan fingerprint density at radius 1 is 1.03 bits per heavy atom. The summed E-state index contributed by atoms with van der Waals surface area (Å²) in [6.07, 6.45) is 3.42. The van der Waals surface area contributed by atoms with Crippen molar-refractivity contribution in [3.63, 3.8) is 0 Å². The van der Waals surface area contributed by atoms with Gasteiger partial charge >= 0.3 is 0 Å². The summed E-state index contributed by atoms with van der Waals surface area (Å²) in [6.45, 7) is 6.99. The number of aromatic amines is 1. The first kappa shape index (κ1) is 18.4. The number of hydrogen-bond donors (Lipinski definition) is 1. The fourth-order valence-electron chi connectivity index (χ4n) is 4.18. The van der Waals surface area contributed by atoms with E-state index in [0.717, 1.165) is 47.0 Å². The highest BCUT2D eigenvalue weighted by Gasteiger charge is 2.26. The first-order chi connectivity index (χ1) is 14.6. The van der Waals surface area contributed by atoms with Crippen LogP contribution in [0.5, 0.6) is 0 Å². The molecule has 0 bridgehead atoms. The number of aryl methyl sites for hydroxylation is 1. The molecule has 0 unspecified atom stereocenters. The number of aromatic nitrogens is 5. The number of rotatable bonds is 3. The Morgan fingerprint density at radius 2 is 1.87 bits per heavy atom. The van der Waals surface area contributed by atoms with Crippen LogP contribution in [0.1, 0.15) is 21.7 Å². The summed E-state index contributed by atoms with van der Waals surface area (Å²) >= 11 is 0. The smallest absolute Gasteiger partial charge is 0.254 e. The number of fused-ring (bicyclic) bond motifs is 1. The van der Waals surface area contributed by atoms with E-state index in [1.165, 1.54) is 0 Å². The predicted octanol–water partition coefficient (Wildman–Crippen LogP) is 2.72. The summed E-state index contributed by atoms with van der Waals surface area (Å²) in [6, 6.07) is 11.4. The normalized spacial score (nSPS) is 14.5. The van der Waals surface area contributed by atoms with Crippen molar-refractivity contribution in [3.8, 4) is 5.82 Å². The van der Waals surface area contributed by atoms with E-state index in [1.54, 1.807) is 12.5 Å². The van der Waals surface area contributed by atoms with Crippen LogP contribution in [0.2, 0.25) is 0 Å². The molecule has 0 saturated carbocycles. The van der Waals surface area contributed by atoms with Crippen LogP contribution in [-0.4, -0.2) is 61.7 Å². The number of H-pyrrole nitrogens is 1. The van der Waals surface area contributed by atoms with E-state index in [4.69, 9.17) is 5.10 Å². The number of carbonyl (C=O) groups is 1. The zero-order valence-corrected chi connectivity index (χ0v) is 17.0. The lowest BCUT2D eigenvalue weighted by Gasteiger charge is -2.36. The molecule has 8 nitrogen and oxygen atoms in total. The molecule has 0 radical (unpaired) electrons. The van der Waals surface area contributed by atoms with Crippen molar-refractivity contribution >= 4 is 22.6 Å². The van der Waals surface area contributed by atoms with Gasteiger partial charge in [-0.1, -0.05) is 6.07 Å². The number of carbonyl (C=O) groups excluding carboxylic acids is 1. The Bertz CT molecular complexity index is 1200. The topological polar surface area (TPSA) is 82.9 Å². The monoisotopic (exact) mass is 401 g/mol. The Hall–Kier alpha value is -3.68. The second kappa shape index (κ2) is 7.29. The Balaban J connectivity index is 1.32. The number of hydrogen-bond acceptors (Lipinski definition) is 5. The van der Waals surface area contributed by atoms with Gasteiger partial charge in [-0.15, -0.1) is 0 Å². The standard InChI is InChI=1S/C22H23N7O/c1-15-21(16(2)29(26-15)20-5-3-4-8-23-20)27-9-11-28(12-10-27)22(30)17-6-7-18-19(13-17)25-14-24-18/h3-8,13-14H,9-12H2,1-2H3,(H,24,25). The van der Waals surface area contributed by atoms with Crippen LogP contribution in [0.25, 0.3) is 16.9 Å². The Labute approximate surface area is 174 Å². The molecule has 1 fully saturated rings. The van der Waals surface area contributed by atoms with Crippen molar-refractivity contribution in [3.05, 3.63) is 65.9 Å². The maximum absolute atomic E-state index is 13.0. The molecule has 0 aliphatic carbocycles. The van der Waals surface area contributed by atoms with E-state index in [1.807, 2.05) is 52.9 Å². The van der Waals surface area contributed by atoms with E-state index in [0.29, 0.717) is 18.7 Å². The molecular weight excluding hydrogens is 378 g/mol. The minimum absolute atomic E-state index is 0.0591. The van der Waals surface area contributed by atoms with Gasteiger partial charge in [0.15, 0.2) is 5.82 Å². The van der Waals surface area contributed by atoms with Gasteiger partial charge in [-0.05, 0) is 44.2 Å². The molecule has 4 aromatic rings. The lowest BCUT2D eigenvalue weighted by molar-refractivity contribution is 0.0747. The van der Waals surface area contributed by atoms with Crippen molar-refractivity contribution < 1.29 is 4.79 Å². The molecule has 4 heterocycles. The first-order valence-corrected chi connectivity index (χ1v) is 10.1. The van der Waals surface area contributed by atoms with Gasteiger partial charge in [0.25, 0.3) is 5.91 Å². The third kappa shape index (κ3) is 3.10. The number of imidazole rings is 1. The van der Waals surface area contributed by atoms with Crippen LogP contribution >= 0.6 is 0 Å². The van der Waals surface area contributed by atoms with Gasteiger partial charge < -0.3 is 14.8 Å². The van der Waals surface area contributed by atoms with E-state index in [9.17, 15) is 4.79 Å². The lowest BCUT2D eigenvalue weighted by Crippen LogP contribution is -2.49. The van der Waals surface area contributed by atoms with Crippen LogP contribution < -0.4 is 4.90 Å². The quantitative estimate of drug-likeness (QED) is 0.571.